The van der Waals surface area contributed by atoms with Crippen molar-refractivity contribution in [2.24, 2.45) is 0 Å². The highest BCUT2D eigenvalue weighted by molar-refractivity contribution is 5.74. The lowest BCUT2D eigenvalue weighted by Crippen LogP contribution is -2.45. The van der Waals surface area contributed by atoms with Gasteiger partial charge >= 0.3 is 12.1 Å². The molecule has 1 fully saturated rings. The average molecular weight is 313 g/mol. The monoisotopic (exact) mass is 313 g/mol. The Labute approximate surface area is 133 Å². The van der Waals surface area contributed by atoms with Crippen molar-refractivity contribution in [3.8, 4) is 0 Å². The topological polar surface area (TPSA) is 79.5 Å². The largest absolute Gasteiger partial charge is 0.444 e. The fraction of sp³-hybridized carbons (Fsp3) is 0.875. The van der Waals surface area contributed by atoms with Crippen LogP contribution in [0.2, 0.25) is 0 Å². The highest BCUT2D eigenvalue weighted by atomic mass is 16.6. The van der Waals surface area contributed by atoms with Crippen molar-refractivity contribution in [3.63, 3.8) is 0 Å². The maximum Gasteiger partial charge on any atom is 0.407 e. The number of nitrogens with one attached hydrogen (secondary N) is 3. The number of alkyl carbamates (subject to hydrolysis) is 1. The molecule has 0 aromatic rings. The average Bonchev–Trinajstić information content (AvgIpc) is 2.35. The lowest BCUT2D eigenvalue weighted by Gasteiger charge is -2.21. The van der Waals surface area contributed by atoms with Gasteiger partial charge in [-0.1, -0.05) is 32.1 Å². The van der Waals surface area contributed by atoms with Gasteiger partial charge in [-0.15, -0.1) is 0 Å². The highest BCUT2D eigenvalue weighted by Crippen LogP contribution is 2.16. The molecule has 0 unspecified atom stereocenters. The lowest BCUT2D eigenvalue weighted by atomic mass is 9.97. The Bertz CT molecular complexity index is 345. The number of carbonyl (C=O) groups is 2. The second-order valence-corrected chi connectivity index (χ2v) is 6.87. The zero-order valence-electron chi connectivity index (χ0n) is 14.2. The first-order valence-electron chi connectivity index (χ1n) is 8.38. The molecule has 6 nitrogen and oxygen atoms in total. The number of carbonyl (C=O) groups excluding carboxylic acids is 2. The Kier molecular flexibility index (Phi) is 8.06. The third-order valence-electron chi connectivity index (χ3n) is 3.52. The Hall–Kier alpha value is -1.46. The van der Waals surface area contributed by atoms with E-state index >= 15 is 0 Å². The number of ether oxygens (including phenoxy) is 1. The van der Waals surface area contributed by atoms with Crippen molar-refractivity contribution in [1.29, 1.82) is 0 Å². The van der Waals surface area contributed by atoms with Gasteiger partial charge in [-0.25, -0.2) is 9.59 Å². The van der Waals surface area contributed by atoms with Crippen LogP contribution in [0.5, 0.6) is 0 Å². The normalized spacial score (nSPS) is 17.0. The van der Waals surface area contributed by atoms with Crippen LogP contribution in [0.4, 0.5) is 9.59 Å². The van der Waals surface area contributed by atoms with Crippen LogP contribution in [-0.4, -0.2) is 36.9 Å². The van der Waals surface area contributed by atoms with Gasteiger partial charge in [0.25, 0.3) is 0 Å². The van der Waals surface area contributed by atoms with Gasteiger partial charge in [0, 0.05) is 19.1 Å². The van der Waals surface area contributed by atoms with E-state index in [9.17, 15) is 9.59 Å². The van der Waals surface area contributed by atoms with Crippen LogP contribution in [0.1, 0.15) is 65.7 Å². The quantitative estimate of drug-likeness (QED) is 0.698. The number of hydrogen-bond acceptors (Lipinski definition) is 3. The summed E-state index contributed by atoms with van der Waals surface area (Å²) in [6.45, 7) is 6.18. The second kappa shape index (κ2) is 9.54. The molecular weight excluding hydrogens is 282 g/mol. The maximum absolute atomic E-state index is 11.8. The Morgan fingerprint density at radius 1 is 0.955 bits per heavy atom. The van der Waals surface area contributed by atoms with E-state index in [-0.39, 0.29) is 12.1 Å². The molecule has 1 saturated carbocycles. The van der Waals surface area contributed by atoms with E-state index in [2.05, 4.69) is 16.0 Å². The predicted octanol–water partition coefficient (Wildman–Crippen LogP) is 2.92. The van der Waals surface area contributed by atoms with Gasteiger partial charge in [0.05, 0.1) is 0 Å². The minimum Gasteiger partial charge on any atom is -0.444 e. The molecule has 1 aliphatic carbocycles. The van der Waals surface area contributed by atoms with Gasteiger partial charge in [0.15, 0.2) is 0 Å². The van der Waals surface area contributed by atoms with Crippen LogP contribution in [0.15, 0.2) is 0 Å². The van der Waals surface area contributed by atoms with E-state index < -0.39 is 11.7 Å². The highest BCUT2D eigenvalue weighted by Gasteiger charge is 2.16. The van der Waals surface area contributed by atoms with Gasteiger partial charge in [-0.2, -0.15) is 0 Å². The molecule has 0 heterocycles. The van der Waals surface area contributed by atoms with Gasteiger partial charge in [-0.05, 0) is 33.6 Å². The lowest BCUT2D eigenvalue weighted by molar-refractivity contribution is 0.0528. The SMILES string of the molecule is CC(C)(C)OC(=O)NCCNC(=O)NC1CCCCCCC1. The number of hydrogen-bond donors (Lipinski definition) is 3. The zero-order chi connectivity index (χ0) is 16.4. The zero-order valence-corrected chi connectivity index (χ0v) is 14.2. The van der Waals surface area contributed by atoms with Crippen molar-refractivity contribution >= 4 is 12.1 Å². The maximum atomic E-state index is 11.8. The van der Waals surface area contributed by atoms with Gasteiger partial charge in [0.2, 0.25) is 0 Å². The van der Waals surface area contributed by atoms with Crippen LogP contribution < -0.4 is 16.0 Å². The first kappa shape index (κ1) is 18.6. The van der Waals surface area contributed by atoms with E-state index in [1.54, 1.807) is 0 Å². The van der Waals surface area contributed by atoms with Crippen LogP contribution in [0.3, 0.4) is 0 Å². The molecule has 0 spiro atoms. The molecule has 1 aliphatic rings. The van der Waals surface area contributed by atoms with Crippen molar-refractivity contribution in [2.75, 3.05) is 13.1 Å². The smallest absolute Gasteiger partial charge is 0.407 e. The van der Waals surface area contributed by atoms with Crippen LogP contribution in [0.25, 0.3) is 0 Å². The number of rotatable bonds is 4. The molecule has 128 valence electrons. The summed E-state index contributed by atoms with van der Waals surface area (Å²) in [5.41, 5.74) is -0.507. The molecule has 3 N–H and O–H groups in total. The standard InChI is InChI=1S/C16H31N3O3/c1-16(2,3)22-15(21)18-12-11-17-14(20)19-13-9-7-5-4-6-8-10-13/h13H,4-12H2,1-3H3,(H,18,21)(H2,17,19,20). The summed E-state index contributed by atoms with van der Waals surface area (Å²) in [6, 6.07) is 0.121. The summed E-state index contributed by atoms with van der Waals surface area (Å²) in [7, 11) is 0. The summed E-state index contributed by atoms with van der Waals surface area (Å²) in [5.74, 6) is 0. The number of amides is 3. The fourth-order valence-electron chi connectivity index (χ4n) is 2.49. The third-order valence-corrected chi connectivity index (χ3v) is 3.52. The van der Waals surface area contributed by atoms with Crippen molar-refractivity contribution in [2.45, 2.75) is 77.4 Å². The third kappa shape index (κ3) is 9.47. The summed E-state index contributed by atoms with van der Waals surface area (Å²) < 4.78 is 5.11. The minimum absolute atomic E-state index is 0.156. The van der Waals surface area contributed by atoms with Gasteiger partial charge < -0.3 is 20.7 Å². The van der Waals surface area contributed by atoms with Crippen LogP contribution in [0, 0.1) is 0 Å². The first-order chi connectivity index (χ1) is 10.4. The Morgan fingerprint density at radius 2 is 1.50 bits per heavy atom. The second-order valence-electron chi connectivity index (χ2n) is 6.87. The molecule has 0 aromatic heterocycles. The van der Waals surface area contributed by atoms with Gasteiger partial charge in [0.1, 0.15) is 5.60 Å². The molecule has 0 radical (unpaired) electrons. The Balaban J connectivity index is 2.11. The van der Waals surface area contributed by atoms with E-state index in [0.717, 1.165) is 12.8 Å². The molecular formula is C16H31N3O3. The van der Waals surface area contributed by atoms with E-state index in [1.165, 1.54) is 32.1 Å². The van der Waals surface area contributed by atoms with E-state index in [4.69, 9.17) is 4.74 Å². The molecule has 3 amide bonds. The van der Waals surface area contributed by atoms with Crippen LogP contribution in [-0.2, 0) is 4.74 Å². The molecule has 0 atom stereocenters. The number of urea groups is 1. The fourth-order valence-corrected chi connectivity index (χ4v) is 2.49. The van der Waals surface area contributed by atoms with Crippen molar-refractivity contribution in [1.82, 2.24) is 16.0 Å². The van der Waals surface area contributed by atoms with Crippen molar-refractivity contribution < 1.29 is 14.3 Å². The van der Waals surface area contributed by atoms with E-state index in [0.29, 0.717) is 13.1 Å². The molecule has 0 aliphatic heterocycles. The summed E-state index contributed by atoms with van der Waals surface area (Å²) in [5, 5.41) is 8.40. The van der Waals surface area contributed by atoms with Crippen molar-refractivity contribution in [3.05, 3.63) is 0 Å². The molecule has 0 saturated heterocycles. The summed E-state index contributed by atoms with van der Waals surface area (Å²) in [6.07, 6.45) is 7.87. The molecule has 22 heavy (non-hydrogen) atoms. The first-order valence-corrected chi connectivity index (χ1v) is 8.38. The minimum atomic E-state index is -0.507. The van der Waals surface area contributed by atoms with Gasteiger partial charge in [-0.3, -0.25) is 0 Å². The molecule has 0 aromatic carbocycles. The molecule has 6 heteroatoms. The Morgan fingerprint density at radius 3 is 2.09 bits per heavy atom. The predicted molar refractivity (Wildman–Crippen MR) is 86.9 cm³/mol. The van der Waals surface area contributed by atoms with E-state index in [1.807, 2.05) is 20.8 Å². The summed E-state index contributed by atoms with van der Waals surface area (Å²) >= 11 is 0. The molecule has 1 rings (SSSR count). The van der Waals surface area contributed by atoms with Crippen LogP contribution >= 0.6 is 0 Å². The summed E-state index contributed by atoms with van der Waals surface area (Å²) in [4.78, 5) is 23.2. The molecule has 0 bridgehead atoms.